The Balaban J connectivity index is 2.01. The average molecular weight is 254 g/mol. The van der Waals surface area contributed by atoms with Crippen LogP contribution in [0.5, 0.6) is 0 Å². The maximum atomic E-state index is 11.9. The summed E-state index contributed by atoms with van der Waals surface area (Å²) in [4.78, 5) is 25.4. The van der Waals surface area contributed by atoms with Crippen LogP contribution in [0.15, 0.2) is 17.5 Å². The van der Waals surface area contributed by atoms with Gasteiger partial charge in [0.05, 0.1) is 11.4 Å². The number of carbonyl (C=O) groups excluding carboxylic acids is 1. The van der Waals surface area contributed by atoms with Gasteiger partial charge < -0.3 is 10.4 Å². The van der Waals surface area contributed by atoms with E-state index in [0.717, 1.165) is 6.54 Å². The first kappa shape index (κ1) is 12.2. The average Bonchev–Trinajstić information content (AvgIpc) is 2.83. The second-order valence-corrected chi connectivity index (χ2v) is 4.88. The molecule has 0 bridgehead atoms. The summed E-state index contributed by atoms with van der Waals surface area (Å²) in [5.74, 6) is -0.885. The first-order valence-corrected chi connectivity index (χ1v) is 6.30. The Morgan fingerprint density at radius 2 is 2.41 bits per heavy atom. The maximum Gasteiger partial charge on any atom is 0.322 e. The van der Waals surface area contributed by atoms with Gasteiger partial charge in [-0.2, -0.15) is 0 Å². The van der Waals surface area contributed by atoms with Crippen LogP contribution in [0.25, 0.3) is 0 Å². The lowest BCUT2D eigenvalue weighted by atomic mass is 10.1. The van der Waals surface area contributed by atoms with E-state index in [4.69, 9.17) is 5.11 Å². The summed E-state index contributed by atoms with van der Waals surface area (Å²) < 4.78 is 0. The number of thiophene rings is 1. The lowest BCUT2D eigenvalue weighted by Gasteiger charge is -2.32. The van der Waals surface area contributed by atoms with Crippen molar-refractivity contribution in [1.82, 2.24) is 10.2 Å². The number of carboxylic acids is 1. The van der Waals surface area contributed by atoms with Crippen molar-refractivity contribution in [3.8, 4) is 0 Å². The molecule has 92 valence electrons. The lowest BCUT2D eigenvalue weighted by molar-refractivity contribution is -0.143. The highest BCUT2D eigenvalue weighted by Gasteiger charge is 2.29. The third-order valence-electron chi connectivity index (χ3n) is 2.78. The second kappa shape index (κ2) is 5.39. The van der Waals surface area contributed by atoms with E-state index < -0.39 is 12.0 Å². The van der Waals surface area contributed by atoms with E-state index >= 15 is 0 Å². The van der Waals surface area contributed by atoms with Gasteiger partial charge in [0.1, 0.15) is 6.04 Å². The molecule has 1 aliphatic rings. The van der Waals surface area contributed by atoms with Gasteiger partial charge >= 0.3 is 5.97 Å². The Morgan fingerprint density at radius 3 is 3.06 bits per heavy atom. The fourth-order valence-corrected chi connectivity index (χ4v) is 2.54. The van der Waals surface area contributed by atoms with E-state index in [1.54, 1.807) is 11.0 Å². The molecule has 0 amide bonds. The van der Waals surface area contributed by atoms with Gasteiger partial charge in [-0.05, 0) is 11.4 Å². The monoisotopic (exact) mass is 254 g/mol. The quantitative estimate of drug-likeness (QED) is 0.756. The molecule has 0 radical (unpaired) electrons. The van der Waals surface area contributed by atoms with Crippen LogP contribution in [-0.2, 0) is 4.79 Å². The van der Waals surface area contributed by atoms with E-state index in [9.17, 15) is 9.59 Å². The normalized spacial score (nSPS) is 21.3. The molecule has 1 unspecified atom stereocenters. The molecule has 2 heterocycles. The molecule has 1 aromatic rings. The van der Waals surface area contributed by atoms with E-state index in [1.165, 1.54) is 11.3 Å². The molecule has 1 aliphatic heterocycles. The first-order chi connectivity index (χ1) is 8.18. The molecule has 1 aromatic heterocycles. The van der Waals surface area contributed by atoms with Crippen molar-refractivity contribution in [3.05, 3.63) is 22.4 Å². The predicted molar refractivity (Wildman–Crippen MR) is 64.5 cm³/mol. The summed E-state index contributed by atoms with van der Waals surface area (Å²) in [6.45, 7) is 1.89. The molecule has 0 aromatic carbocycles. The Morgan fingerprint density at radius 1 is 1.59 bits per heavy atom. The van der Waals surface area contributed by atoms with Crippen LogP contribution < -0.4 is 5.32 Å². The molecule has 1 atom stereocenters. The van der Waals surface area contributed by atoms with Crippen LogP contribution in [0.4, 0.5) is 0 Å². The number of piperazine rings is 1. The zero-order valence-electron chi connectivity index (χ0n) is 9.26. The molecular formula is C11H14N2O3S. The van der Waals surface area contributed by atoms with Crippen molar-refractivity contribution in [3.63, 3.8) is 0 Å². The highest BCUT2D eigenvalue weighted by Crippen LogP contribution is 2.12. The minimum Gasteiger partial charge on any atom is -0.480 e. The van der Waals surface area contributed by atoms with Crippen LogP contribution >= 0.6 is 11.3 Å². The standard InChI is InChI=1S/C11H14N2O3S/c14-9(10-2-1-5-17-10)7-13-4-3-12-6-8(13)11(15)16/h1-2,5,8,12H,3-4,6-7H2,(H,15,16). The largest absolute Gasteiger partial charge is 0.480 e. The highest BCUT2D eigenvalue weighted by molar-refractivity contribution is 7.12. The fraction of sp³-hybridized carbons (Fsp3) is 0.455. The van der Waals surface area contributed by atoms with Gasteiger partial charge in [0.15, 0.2) is 5.78 Å². The van der Waals surface area contributed by atoms with Gasteiger partial charge in [0.2, 0.25) is 0 Å². The fourth-order valence-electron chi connectivity index (χ4n) is 1.88. The number of ketones is 1. The molecule has 2 rings (SSSR count). The van der Waals surface area contributed by atoms with Gasteiger partial charge in [-0.15, -0.1) is 11.3 Å². The van der Waals surface area contributed by atoms with Gasteiger partial charge in [-0.1, -0.05) is 6.07 Å². The number of nitrogens with one attached hydrogen (secondary N) is 1. The molecule has 17 heavy (non-hydrogen) atoms. The number of nitrogens with zero attached hydrogens (tertiary/aromatic N) is 1. The first-order valence-electron chi connectivity index (χ1n) is 5.43. The molecular weight excluding hydrogens is 240 g/mol. The number of rotatable bonds is 4. The van der Waals surface area contributed by atoms with Gasteiger partial charge in [-0.3, -0.25) is 14.5 Å². The van der Waals surface area contributed by atoms with Crippen molar-refractivity contribution >= 4 is 23.1 Å². The number of hydrogen-bond donors (Lipinski definition) is 2. The third kappa shape index (κ3) is 2.91. The summed E-state index contributed by atoms with van der Waals surface area (Å²) >= 11 is 1.39. The van der Waals surface area contributed by atoms with E-state index in [0.29, 0.717) is 18.0 Å². The zero-order valence-corrected chi connectivity index (χ0v) is 10.1. The van der Waals surface area contributed by atoms with Crippen molar-refractivity contribution in [2.45, 2.75) is 6.04 Å². The van der Waals surface area contributed by atoms with Gasteiger partial charge in [-0.25, -0.2) is 0 Å². The van der Waals surface area contributed by atoms with Crippen LogP contribution in [0.3, 0.4) is 0 Å². The molecule has 1 fully saturated rings. The summed E-state index contributed by atoms with van der Waals surface area (Å²) in [6.07, 6.45) is 0. The summed E-state index contributed by atoms with van der Waals surface area (Å²) in [7, 11) is 0. The topological polar surface area (TPSA) is 69.6 Å². The van der Waals surface area contributed by atoms with Crippen molar-refractivity contribution < 1.29 is 14.7 Å². The number of hydrogen-bond acceptors (Lipinski definition) is 5. The number of Topliss-reactive ketones (excluding diaryl/α,β-unsaturated/α-hetero) is 1. The van der Waals surface area contributed by atoms with Crippen molar-refractivity contribution in [1.29, 1.82) is 0 Å². The molecule has 1 saturated heterocycles. The smallest absolute Gasteiger partial charge is 0.322 e. The van der Waals surface area contributed by atoms with Crippen LogP contribution in [0.1, 0.15) is 9.67 Å². The Hall–Kier alpha value is -1.24. The predicted octanol–water partition coefficient (Wildman–Crippen LogP) is 0.289. The third-order valence-corrected chi connectivity index (χ3v) is 3.69. The molecule has 2 N–H and O–H groups in total. The maximum absolute atomic E-state index is 11.9. The van der Waals surface area contributed by atoms with E-state index in [2.05, 4.69) is 5.32 Å². The summed E-state index contributed by atoms with van der Waals surface area (Å²) in [5, 5.41) is 13.9. The Bertz CT molecular complexity index is 405. The van der Waals surface area contributed by atoms with E-state index in [-0.39, 0.29) is 12.3 Å². The zero-order chi connectivity index (χ0) is 12.3. The molecule has 0 saturated carbocycles. The Labute approximate surface area is 103 Å². The van der Waals surface area contributed by atoms with Crippen LogP contribution in [-0.4, -0.2) is 54.0 Å². The van der Waals surface area contributed by atoms with Crippen molar-refractivity contribution in [2.75, 3.05) is 26.2 Å². The van der Waals surface area contributed by atoms with Gasteiger partial charge in [0, 0.05) is 19.6 Å². The Kier molecular flexibility index (Phi) is 3.88. The number of aliphatic carboxylic acids is 1. The molecule has 0 spiro atoms. The highest BCUT2D eigenvalue weighted by atomic mass is 32.1. The lowest BCUT2D eigenvalue weighted by Crippen LogP contribution is -2.56. The summed E-state index contributed by atoms with van der Waals surface area (Å²) in [6, 6.07) is 2.99. The number of carboxylic acid groups (broad SMARTS) is 1. The van der Waals surface area contributed by atoms with Gasteiger partial charge in [0.25, 0.3) is 0 Å². The number of carbonyl (C=O) groups is 2. The molecule has 0 aliphatic carbocycles. The second-order valence-electron chi connectivity index (χ2n) is 3.93. The SMILES string of the molecule is O=C(CN1CCNCC1C(=O)O)c1cccs1. The molecule has 5 nitrogen and oxygen atoms in total. The van der Waals surface area contributed by atoms with Crippen LogP contribution in [0.2, 0.25) is 0 Å². The van der Waals surface area contributed by atoms with Crippen LogP contribution in [0, 0.1) is 0 Å². The minimum atomic E-state index is -0.879. The molecule has 6 heteroatoms. The summed E-state index contributed by atoms with van der Waals surface area (Å²) in [5.41, 5.74) is 0. The van der Waals surface area contributed by atoms with Crippen molar-refractivity contribution in [2.24, 2.45) is 0 Å². The minimum absolute atomic E-state index is 0.00634. The van der Waals surface area contributed by atoms with E-state index in [1.807, 2.05) is 11.4 Å².